The highest BCUT2D eigenvalue weighted by Gasteiger charge is 2.34. The van der Waals surface area contributed by atoms with Gasteiger partial charge in [0.25, 0.3) is 11.8 Å². The van der Waals surface area contributed by atoms with E-state index in [4.69, 9.17) is 50.0 Å². The van der Waals surface area contributed by atoms with Gasteiger partial charge in [0, 0.05) is 71.9 Å². The van der Waals surface area contributed by atoms with Crippen LogP contribution in [0, 0.1) is 13.8 Å². The summed E-state index contributed by atoms with van der Waals surface area (Å²) in [6.07, 6.45) is 13.9. The minimum atomic E-state index is -3.59. The van der Waals surface area contributed by atoms with Gasteiger partial charge in [-0.1, -0.05) is 34.8 Å². The van der Waals surface area contributed by atoms with Crippen molar-refractivity contribution >= 4 is 95.2 Å². The molecule has 4 aliphatic heterocycles. The number of aryl methyl sites for hydroxylation is 2. The smallest absolute Gasteiger partial charge is 0.256 e. The number of sulfonamides is 2. The number of likely N-dealkylation sites (tertiary alicyclic amines) is 2. The van der Waals surface area contributed by atoms with Gasteiger partial charge in [-0.3, -0.25) is 19.0 Å². The fourth-order valence-electron chi connectivity index (χ4n) is 9.79. The Balaban J connectivity index is 0.000000178. The summed E-state index contributed by atoms with van der Waals surface area (Å²) in [5.74, 6) is 0.280. The van der Waals surface area contributed by atoms with Gasteiger partial charge in [0.1, 0.15) is 11.0 Å². The Kier molecular flexibility index (Phi) is 17.8. The summed E-state index contributed by atoms with van der Waals surface area (Å²) < 4.78 is 55.6. The molecule has 25 heteroatoms. The quantitative estimate of drug-likeness (QED) is 0.0899. The van der Waals surface area contributed by atoms with Gasteiger partial charge in [0.2, 0.25) is 20.0 Å². The first-order valence-electron chi connectivity index (χ1n) is 25.0. The number of carbonyl (C=O) groups excluding carboxylic acids is 2. The molecule has 6 aromatic rings. The lowest BCUT2D eigenvalue weighted by Gasteiger charge is -2.35. The zero-order valence-corrected chi connectivity index (χ0v) is 46.1. The van der Waals surface area contributed by atoms with E-state index in [1.54, 1.807) is 37.2 Å². The van der Waals surface area contributed by atoms with Crippen LogP contribution in [0.2, 0.25) is 15.2 Å². The average Bonchev–Trinajstić information content (AvgIpc) is 3.98. The largest absolute Gasteiger partial charge is 0.393 e. The Morgan fingerprint density at radius 3 is 1.52 bits per heavy atom. The van der Waals surface area contributed by atoms with Crippen LogP contribution in [0.15, 0.2) is 60.9 Å². The first kappa shape index (κ1) is 55.9. The number of hydrogen-bond acceptors (Lipinski definition) is 14. The second kappa shape index (κ2) is 23.9. The molecule has 4 aromatic heterocycles. The van der Waals surface area contributed by atoms with Crippen molar-refractivity contribution in [1.29, 1.82) is 0 Å². The summed E-state index contributed by atoms with van der Waals surface area (Å²) in [6.45, 7) is 8.37. The molecule has 2 amide bonds. The molecule has 0 bridgehead atoms. The lowest BCUT2D eigenvalue weighted by atomic mass is 9.98. The van der Waals surface area contributed by atoms with Gasteiger partial charge in [-0.25, -0.2) is 35.8 Å². The van der Waals surface area contributed by atoms with Crippen LogP contribution in [0.25, 0.3) is 11.3 Å². The Labute approximate surface area is 451 Å². The van der Waals surface area contributed by atoms with E-state index in [1.165, 1.54) is 24.3 Å². The molecule has 0 radical (unpaired) electrons. The van der Waals surface area contributed by atoms with Crippen molar-refractivity contribution in [3.63, 3.8) is 0 Å². The van der Waals surface area contributed by atoms with Gasteiger partial charge < -0.3 is 30.2 Å². The molecule has 5 N–H and O–H groups in total. The minimum absolute atomic E-state index is 0.0266. The second-order valence-electron chi connectivity index (χ2n) is 19.6. The highest BCUT2D eigenvalue weighted by molar-refractivity contribution is 7.92. The van der Waals surface area contributed by atoms with E-state index >= 15 is 0 Å². The number of aromatic nitrogens is 6. The number of amides is 2. The maximum atomic E-state index is 13.8. The molecule has 4 saturated heterocycles. The van der Waals surface area contributed by atoms with Crippen LogP contribution in [0.3, 0.4) is 0 Å². The molecule has 4 aliphatic rings. The number of aliphatic hydroxyl groups is 2. The van der Waals surface area contributed by atoms with Gasteiger partial charge in [0.15, 0.2) is 11.3 Å². The van der Waals surface area contributed by atoms with Crippen LogP contribution in [-0.2, 0) is 20.0 Å². The van der Waals surface area contributed by atoms with Crippen LogP contribution in [0.4, 0.5) is 17.2 Å². The van der Waals surface area contributed by atoms with Crippen molar-refractivity contribution in [2.75, 3.05) is 66.1 Å². The van der Waals surface area contributed by atoms with E-state index in [1.807, 2.05) is 32.2 Å². The summed E-state index contributed by atoms with van der Waals surface area (Å²) in [5, 5.41) is 32.4. The fourth-order valence-corrected chi connectivity index (χ4v) is 11.4. The molecule has 404 valence electrons. The number of anilines is 3. The summed E-state index contributed by atoms with van der Waals surface area (Å²) >= 11 is 18.5. The number of fused-ring (bicyclic) bond motifs is 2. The van der Waals surface area contributed by atoms with Gasteiger partial charge in [-0.2, -0.15) is 10.2 Å². The van der Waals surface area contributed by atoms with Crippen molar-refractivity contribution < 1.29 is 36.6 Å². The molecular weight excluding hydrogens is 1070 g/mol. The number of nitrogens with zero attached hydrogens (tertiary/aromatic N) is 9. The van der Waals surface area contributed by atoms with Gasteiger partial charge >= 0.3 is 0 Å². The average molecular weight is 1130 g/mol. The summed E-state index contributed by atoms with van der Waals surface area (Å²) in [7, 11) is -7.15. The Bertz CT molecular complexity index is 3240. The SMILES string of the molecule is Cc1cn2nc([C@@H]3CCCCN3C(=O)c3cc(Cl)ccc3NS(C)(=O)=O)cc2nc1Cl.Cc1cn2nc([C@@H]3CCCCN3C(=O)c3cc(Cl)ccc3NS(C)(=O)=O)cc2nc1N1CCC(O)CC1.OC1CCNCC1. The lowest BCUT2D eigenvalue weighted by molar-refractivity contribution is 0.0600. The van der Waals surface area contributed by atoms with Gasteiger partial charge in [-0.15, -0.1) is 0 Å². The molecule has 75 heavy (non-hydrogen) atoms. The Morgan fingerprint density at radius 1 is 0.613 bits per heavy atom. The van der Waals surface area contributed by atoms with Crippen molar-refractivity contribution in [3.05, 3.63) is 110 Å². The van der Waals surface area contributed by atoms with Gasteiger partial charge in [-0.05, 0) is 128 Å². The molecule has 10 rings (SSSR count). The molecule has 0 unspecified atom stereocenters. The zero-order valence-electron chi connectivity index (χ0n) is 42.2. The summed E-state index contributed by atoms with van der Waals surface area (Å²) in [4.78, 5) is 42.2. The first-order chi connectivity index (χ1) is 35.6. The van der Waals surface area contributed by atoms with E-state index in [2.05, 4.69) is 29.7 Å². The highest BCUT2D eigenvalue weighted by atomic mass is 35.5. The monoisotopic (exact) mass is 1130 g/mol. The molecule has 2 atom stereocenters. The molecule has 20 nitrogen and oxygen atoms in total. The standard InChI is InChI=1S/C25H31ClN6O4S.C20H21Cl2N5O3S.C5H11NO/c1-16-15-32-23(27-24(16)30-11-8-18(33)9-12-30)14-21(28-32)22-5-3-4-10-31(22)25(34)19-13-17(26)6-7-20(19)29-37(2,35)36;1-12-11-27-18(23-19(12)22)10-16(24-27)17-5-3-4-8-26(17)20(28)14-9-13(21)6-7-15(14)25-31(2,29)30;7-5-1-3-6-4-2-5/h6-7,13-15,18,22,29,33H,3-5,8-12H2,1-2H3;6-7,9-11,17,25H,3-5,8H2,1-2H3;5-7H,1-4H2/t22-;17-;/m00./s1. The molecular formula is C50H63Cl3N12O8S2. The third kappa shape index (κ3) is 14.2. The Hall–Kier alpha value is -5.33. The predicted octanol–water partition coefficient (Wildman–Crippen LogP) is 7.21. The number of rotatable bonds is 9. The molecule has 0 spiro atoms. The first-order valence-corrected chi connectivity index (χ1v) is 29.9. The van der Waals surface area contributed by atoms with Crippen molar-refractivity contribution in [2.24, 2.45) is 0 Å². The van der Waals surface area contributed by atoms with Crippen molar-refractivity contribution in [3.8, 4) is 0 Å². The number of benzene rings is 2. The second-order valence-corrected chi connectivity index (χ2v) is 24.3. The molecule has 4 fully saturated rings. The number of carbonyl (C=O) groups is 2. The zero-order chi connectivity index (χ0) is 53.8. The molecule has 8 heterocycles. The van der Waals surface area contributed by atoms with Crippen LogP contribution >= 0.6 is 34.8 Å². The fraction of sp³-hybridized carbons (Fsp3) is 0.480. The summed E-state index contributed by atoms with van der Waals surface area (Å²) in [5.41, 5.74) is 5.34. The summed E-state index contributed by atoms with van der Waals surface area (Å²) in [6, 6.07) is 12.3. The number of halogens is 3. The third-order valence-corrected chi connectivity index (χ3v) is 15.5. The van der Waals surface area contributed by atoms with E-state index in [9.17, 15) is 31.5 Å². The van der Waals surface area contributed by atoms with Crippen LogP contribution < -0.4 is 19.7 Å². The van der Waals surface area contributed by atoms with Crippen LogP contribution in [0.1, 0.15) is 120 Å². The minimum Gasteiger partial charge on any atom is -0.393 e. The van der Waals surface area contributed by atoms with E-state index in [0.29, 0.717) is 45.3 Å². The van der Waals surface area contributed by atoms with E-state index < -0.39 is 20.0 Å². The van der Waals surface area contributed by atoms with Crippen molar-refractivity contribution in [1.82, 2.24) is 44.3 Å². The van der Waals surface area contributed by atoms with Gasteiger partial charge in [0.05, 0.1) is 70.7 Å². The Morgan fingerprint density at radius 2 is 1.07 bits per heavy atom. The topological polar surface area (TPSA) is 249 Å². The maximum absolute atomic E-state index is 13.8. The molecule has 0 aliphatic carbocycles. The number of hydrogen-bond donors (Lipinski definition) is 5. The molecule has 0 saturated carbocycles. The van der Waals surface area contributed by atoms with E-state index in [0.717, 1.165) is 126 Å². The van der Waals surface area contributed by atoms with Crippen molar-refractivity contribution in [2.45, 2.75) is 102 Å². The number of nitrogens with one attached hydrogen (secondary N) is 3. The maximum Gasteiger partial charge on any atom is 0.256 e. The van der Waals surface area contributed by atoms with Crippen LogP contribution in [0.5, 0.6) is 0 Å². The third-order valence-electron chi connectivity index (χ3n) is 13.5. The van der Waals surface area contributed by atoms with Crippen LogP contribution in [-0.4, -0.2) is 142 Å². The molecule has 2 aromatic carbocycles. The lowest BCUT2D eigenvalue weighted by Crippen LogP contribution is -2.39. The van der Waals surface area contributed by atoms with E-state index in [-0.39, 0.29) is 58.6 Å². The predicted molar refractivity (Wildman–Crippen MR) is 291 cm³/mol. The number of piperidine rings is 4. The highest BCUT2D eigenvalue weighted by Crippen LogP contribution is 2.36. The normalized spacial score (nSPS) is 19.0. The number of aliphatic hydroxyl groups excluding tert-OH is 2.